The number of halogens is 2. The molecular formula is C27H24Br2N2O3. The maximum Gasteiger partial charge on any atom is 0.262 e. The van der Waals surface area contributed by atoms with Gasteiger partial charge >= 0.3 is 0 Å². The van der Waals surface area contributed by atoms with Crippen molar-refractivity contribution in [3.63, 3.8) is 0 Å². The van der Waals surface area contributed by atoms with Crippen molar-refractivity contribution in [1.82, 2.24) is 0 Å². The van der Waals surface area contributed by atoms with E-state index < -0.39 is 0 Å². The van der Waals surface area contributed by atoms with Crippen LogP contribution in [0.2, 0.25) is 0 Å². The number of ketones is 1. The highest BCUT2D eigenvalue weighted by molar-refractivity contribution is 9.12. The highest BCUT2D eigenvalue weighted by Crippen LogP contribution is 2.32. The third-order valence-electron chi connectivity index (χ3n) is 5.18. The van der Waals surface area contributed by atoms with Gasteiger partial charge in [-0.3, -0.25) is 14.4 Å². The molecule has 0 bridgehead atoms. The summed E-state index contributed by atoms with van der Waals surface area (Å²) in [6.07, 6.45) is 5.11. The smallest absolute Gasteiger partial charge is 0.262 e. The van der Waals surface area contributed by atoms with Crippen molar-refractivity contribution in [1.29, 1.82) is 0 Å². The van der Waals surface area contributed by atoms with Crippen LogP contribution in [0.15, 0.2) is 81.8 Å². The molecule has 0 spiro atoms. The Morgan fingerprint density at radius 3 is 1.65 bits per heavy atom. The van der Waals surface area contributed by atoms with Gasteiger partial charge in [0.1, 0.15) is 0 Å². The highest BCUT2D eigenvalue weighted by Gasteiger charge is 2.25. The molecule has 0 unspecified atom stereocenters. The average molecular weight is 584 g/mol. The van der Waals surface area contributed by atoms with Crippen molar-refractivity contribution in [3.05, 3.63) is 92.9 Å². The molecule has 0 heterocycles. The van der Waals surface area contributed by atoms with Crippen LogP contribution in [-0.4, -0.2) is 17.6 Å². The summed E-state index contributed by atoms with van der Waals surface area (Å²) < 4.78 is 0.478. The van der Waals surface area contributed by atoms with Gasteiger partial charge in [-0.15, -0.1) is 0 Å². The van der Waals surface area contributed by atoms with Gasteiger partial charge in [0.25, 0.3) is 11.8 Å². The van der Waals surface area contributed by atoms with E-state index in [1.165, 1.54) is 0 Å². The number of Topliss-reactive ketones (excluding diaryl/α,β-unsaturated/α-hetero) is 1. The number of anilines is 2. The number of amides is 2. The van der Waals surface area contributed by atoms with Crippen LogP contribution in [0.25, 0.3) is 12.2 Å². The van der Waals surface area contributed by atoms with Gasteiger partial charge in [0.15, 0.2) is 5.78 Å². The number of nitrogens with one attached hydrogen (secondary N) is 2. The maximum absolute atomic E-state index is 13.3. The van der Waals surface area contributed by atoms with Crippen LogP contribution >= 0.6 is 31.9 Å². The SMILES string of the molecule is C=C(Br)C(=O)Nc1cccc(/C=C2\CC(C)C/C(=C\c3cccc(NC(=O)C(=C)Br)c3)C2=O)c1. The van der Waals surface area contributed by atoms with E-state index in [1.807, 2.05) is 48.6 Å². The number of hydrogen-bond donors (Lipinski definition) is 2. The minimum Gasteiger partial charge on any atom is -0.322 e. The van der Waals surface area contributed by atoms with Gasteiger partial charge in [-0.05, 0) is 98.2 Å². The molecule has 3 rings (SSSR count). The predicted octanol–water partition coefficient (Wildman–Crippen LogP) is 6.85. The van der Waals surface area contributed by atoms with Gasteiger partial charge in [-0.2, -0.15) is 0 Å². The van der Waals surface area contributed by atoms with Gasteiger partial charge in [-0.1, -0.05) is 44.3 Å². The summed E-state index contributed by atoms with van der Waals surface area (Å²) in [7, 11) is 0. The molecule has 0 aromatic heterocycles. The van der Waals surface area contributed by atoms with Crippen LogP contribution in [-0.2, 0) is 14.4 Å². The van der Waals surface area contributed by atoms with E-state index in [0.29, 0.717) is 30.1 Å². The number of allylic oxidation sites excluding steroid dienone is 2. The number of hydrogen-bond acceptors (Lipinski definition) is 3. The first-order chi connectivity index (χ1) is 16.1. The van der Waals surface area contributed by atoms with Gasteiger partial charge < -0.3 is 10.6 Å². The fourth-order valence-corrected chi connectivity index (χ4v) is 3.87. The first-order valence-corrected chi connectivity index (χ1v) is 12.2. The lowest BCUT2D eigenvalue weighted by atomic mass is 9.81. The van der Waals surface area contributed by atoms with Crippen LogP contribution in [0.1, 0.15) is 30.9 Å². The van der Waals surface area contributed by atoms with Crippen molar-refractivity contribution in [2.75, 3.05) is 10.6 Å². The quantitative estimate of drug-likeness (QED) is 0.365. The zero-order chi connectivity index (χ0) is 24.8. The molecule has 2 aromatic carbocycles. The zero-order valence-corrected chi connectivity index (χ0v) is 21.8. The van der Waals surface area contributed by atoms with Gasteiger partial charge in [0.05, 0.1) is 8.96 Å². The molecule has 2 N–H and O–H groups in total. The fraction of sp³-hybridized carbons (Fsp3) is 0.148. The molecule has 0 saturated heterocycles. The predicted molar refractivity (Wildman–Crippen MR) is 146 cm³/mol. The second kappa shape index (κ2) is 11.4. The summed E-state index contributed by atoms with van der Waals surface area (Å²) in [5, 5.41) is 5.51. The number of carbonyl (C=O) groups excluding carboxylic acids is 3. The molecule has 2 amide bonds. The molecule has 1 fully saturated rings. The number of rotatable bonds is 6. The lowest BCUT2D eigenvalue weighted by Crippen LogP contribution is -2.18. The molecule has 5 nitrogen and oxygen atoms in total. The molecule has 174 valence electrons. The van der Waals surface area contributed by atoms with Crippen LogP contribution < -0.4 is 10.6 Å². The van der Waals surface area contributed by atoms with Crippen LogP contribution in [0.4, 0.5) is 11.4 Å². The average Bonchev–Trinajstić information content (AvgIpc) is 2.77. The summed E-state index contributed by atoms with van der Waals surface area (Å²) >= 11 is 6.14. The van der Waals surface area contributed by atoms with Crippen LogP contribution in [0.3, 0.4) is 0 Å². The first kappa shape index (κ1) is 25.6. The molecule has 7 heteroatoms. The van der Waals surface area contributed by atoms with E-state index >= 15 is 0 Å². The standard InChI is InChI=1S/C27H24Br2N2O3/c1-16-10-21(12-19-6-4-8-23(14-19)30-26(33)17(2)28)25(32)22(11-16)13-20-7-5-9-24(15-20)31-27(34)18(3)29/h4-9,12-16H,2-3,10-11H2,1H3,(H,30,33)(H,31,34)/b21-12+,22-13+. The Balaban J connectivity index is 1.85. The highest BCUT2D eigenvalue weighted by atomic mass is 79.9. The van der Waals surface area contributed by atoms with Crippen molar-refractivity contribution in [2.24, 2.45) is 5.92 Å². The fourth-order valence-electron chi connectivity index (χ4n) is 3.68. The van der Waals surface area contributed by atoms with Gasteiger partial charge in [0, 0.05) is 22.5 Å². The van der Waals surface area contributed by atoms with E-state index in [4.69, 9.17) is 0 Å². The third kappa shape index (κ3) is 6.98. The summed E-state index contributed by atoms with van der Waals surface area (Å²) in [6, 6.07) is 14.6. The van der Waals surface area contributed by atoms with Crippen LogP contribution in [0, 0.1) is 5.92 Å². The summed E-state index contributed by atoms with van der Waals surface area (Å²) in [6.45, 7) is 9.26. The van der Waals surface area contributed by atoms with Gasteiger partial charge in [0.2, 0.25) is 0 Å². The number of carbonyl (C=O) groups is 3. The minimum absolute atomic E-state index is 0.00430. The first-order valence-electron chi connectivity index (χ1n) is 10.6. The van der Waals surface area contributed by atoms with E-state index in [1.54, 1.807) is 12.1 Å². The Morgan fingerprint density at radius 1 is 0.853 bits per heavy atom. The van der Waals surface area contributed by atoms with Crippen molar-refractivity contribution in [3.8, 4) is 0 Å². The van der Waals surface area contributed by atoms with E-state index in [2.05, 4.69) is 62.6 Å². The molecule has 34 heavy (non-hydrogen) atoms. The van der Waals surface area contributed by atoms with Crippen molar-refractivity contribution >= 4 is 73.0 Å². The Labute approximate surface area is 216 Å². The van der Waals surface area contributed by atoms with Crippen molar-refractivity contribution in [2.45, 2.75) is 19.8 Å². The molecule has 0 aliphatic heterocycles. The van der Waals surface area contributed by atoms with E-state index in [-0.39, 0.29) is 26.6 Å². The van der Waals surface area contributed by atoms with Gasteiger partial charge in [-0.25, -0.2) is 0 Å². The molecule has 1 saturated carbocycles. The minimum atomic E-state index is -0.323. The topological polar surface area (TPSA) is 75.3 Å². The Kier molecular flexibility index (Phi) is 8.58. The summed E-state index contributed by atoms with van der Waals surface area (Å²) in [5.41, 5.74) is 4.34. The second-order valence-electron chi connectivity index (χ2n) is 8.15. The molecule has 0 atom stereocenters. The monoisotopic (exact) mass is 582 g/mol. The summed E-state index contributed by atoms with van der Waals surface area (Å²) in [5.74, 6) is -0.341. The number of benzene rings is 2. The maximum atomic E-state index is 13.3. The van der Waals surface area contributed by atoms with Crippen LogP contribution in [0.5, 0.6) is 0 Å². The zero-order valence-electron chi connectivity index (χ0n) is 18.7. The summed E-state index contributed by atoms with van der Waals surface area (Å²) in [4.78, 5) is 37.0. The van der Waals surface area contributed by atoms with E-state index in [0.717, 1.165) is 22.3 Å². The normalized spacial score (nSPS) is 18.0. The molecule has 1 aliphatic rings. The molecule has 2 aromatic rings. The lowest BCUT2D eigenvalue weighted by molar-refractivity contribution is -0.113. The van der Waals surface area contributed by atoms with E-state index in [9.17, 15) is 14.4 Å². The van der Waals surface area contributed by atoms with Crippen molar-refractivity contribution < 1.29 is 14.4 Å². The molecular weight excluding hydrogens is 560 g/mol. The lowest BCUT2D eigenvalue weighted by Gasteiger charge is -2.23. The Morgan fingerprint density at radius 2 is 1.26 bits per heavy atom. The third-order valence-corrected chi connectivity index (χ3v) is 5.90. The second-order valence-corrected chi connectivity index (χ2v) is 10.1. The molecule has 1 aliphatic carbocycles. The molecule has 0 radical (unpaired) electrons. The largest absolute Gasteiger partial charge is 0.322 e. The Hall–Kier alpha value is -3.03. The Bertz CT molecular complexity index is 1150.